The molecule has 1 aromatic rings. The molecule has 1 N–H and O–H groups in total. The van der Waals surface area contributed by atoms with Gasteiger partial charge >= 0.3 is 12.1 Å². The van der Waals surface area contributed by atoms with E-state index in [0.717, 1.165) is 12.2 Å². The maximum absolute atomic E-state index is 12.7. The van der Waals surface area contributed by atoms with Gasteiger partial charge in [-0.05, 0) is 19.3 Å². The van der Waals surface area contributed by atoms with E-state index in [2.05, 4.69) is 10.2 Å². The summed E-state index contributed by atoms with van der Waals surface area (Å²) < 4.78 is 43.3. The van der Waals surface area contributed by atoms with Crippen LogP contribution in [0.4, 0.5) is 13.2 Å². The van der Waals surface area contributed by atoms with E-state index in [4.69, 9.17) is 9.52 Å². The fourth-order valence-electron chi connectivity index (χ4n) is 2.33. The molecular formula is C12H13F3N2O3. The van der Waals surface area contributed by atoms with E-state index in [0.29, 0.717) is 12.8 Å². The van der Waals surface area contributed by atoms with Gasteiger partial charge in [-0.15, -0.1) is 10.2 Å². The second-order valence-corrected chi connectivity index (χ2v) is 4.75. The Bertz CT molecular complexity index is 510. The summed E-state index contributed by atoms with van der Waals surface area (Å²) >= 11 is 0. The largest absolute Gasteiger partial charge is 0.478 e. The first-order valence-corrected chi connectivity index (χ1v) is 6.17. The SMILES string of the molecule is O=C(O)/C=C/c1nnc(C2CCCC(C(F)(F)F)C2)o1. The summed E-state index contributed by atoms with van der Waals surface area (Å²) in [6, 6.07) is 0. The van der Waals surface area contributed by atoms with Crippen molar-refractivity contribution in [3.8, 4) is 0 Å². The van der Waals surface area contributed by atoms with Gasteiger partial charge in [0.15, 0.2) is 0 Å². The van der Waals surface area contributed by atoms with E-state index in [1.807, 2.05) is 0 Å². The quantitative estimate of drug-likeness (QED) is 0.866. The Morgan fingerprint density at radius 1 is 1.35 bits per heavy atom. The van der Waals surface area contributed by atoms with Crippen molar-refractivity contribution in [1.82, 2.24) is 10.2 Å². The number of nitrogens with zero attached hydrogens (tertiary/aromatic N) is 2. The van der Waals surface area contributed by atoms with Crippen LogP contribution in [0.25, 0.3) is 6.08 Å². The van der Waals surface area contributed by atoms with Crippen molar-refractivity contribution in [2.45, 2.75) is 37.8 Å². The van der Waals surface area contributed by atoms with Gasteiger partial charge in [0.2, 0.25) is 11.8 Å². The van der Waals surface area contributed by atoms with Crippen molar-refractivity contribution in [3.05, 3.63) is 17.9 Å². The van der Waals surface area contributed by atoms with Crippen LogP contribution in [-0.2, 0) is 4.79 Å². The van der Waals surface area contributed by atoms with Gasteiger partial charge < -0.3 is 9.52 Å². The fourth-order valence-corrected chi connectivity index (χ4v) is 2.33. The Morgan fingerprint density at radius 3 is 2.75 bits per heavy atom. The van der Waals surface area contributed by atoms with Gasteiger partial charge in [-0.2, -0.15) is 13.2 Å². The van der Waals surface area contributed by atoms with Crippen LogP contribution < -0.4 is 0 Å². The molecule has 1 heterocycles. The first kappa shape index (κ1) is 14.5. The van der Waals surface area contributed by atoms with Crippen molar-refractivity contribution in [3.63, 3.8) is 0 Å². The zero-order valence-corrected chi connectivity index (χ0v) is 10.4. The number of carboxylic acid groups (broad SMARTS) is 1. The first-order valence-electron chi connectivity index (χ1n) is 6.17. The van der Waals surface area contributed by atoms with Crippen LogP contribution in [0, 0.1) is 5.92 Å². The zero-order valence-electron chi connectivity index (χ0n) is 10.4. The van der Waals surface area contributed by atoms with Gasteiger partial charge in [0.25, 0.3) is 0 Å². The third-order valence-electron chi connectivity index (χ3n) is 3.31. The third kappa shape index (κ3) is 3.58. The van der Waals surface area contributed by atoms with Crippen LogP contribution in [0.3, 0.4) is 0 Å². The number of hydrogen-bond acceptors (Lipinski definition) is 4. The molecule has 1 aliphatic rings. The lowest BCUT2D eigenvalue weighted by atomic mass is 9.81. The van der Waals surface area contributed by atoms with E-state index < -0.39 is 24.0 Å². The Kier molecular flexibility index (Phi) is 4.10. The summed E-state index contributed by atoms with van der Waals surface area (Å²) in [4.78, 5) is 10.3. The molecule has 5 nitrogen and oxygen atoms in total. The van der Waals surface area contributed by atoms with Crippen LogP contribution in [-0.4, -0.2) is 27.4 Å². The molecule has 1 aromatic heterocycles. The number of aliphatic carboxylic acids is 1. The van der Waals surface area contributed by atoms with Crippen molar-refractivity contribution in [2.75, 3.05) is 0 Å². The minimum atomic E-state index is -4.20. The van der Waals surface area contributed by atoms with Gasteiger partial charge in [0.05, 0.1) is 5.92 Å². The summed E-state index contributed by atoms with van der Waals surface area (Å²) in [5.74, 6) is -2.80. The summed E-state index contributed by atoms with van der Waals surface area (Å²) in [6.07, 6.45) is -1.17. The molecule has 2 rings (SSSR count). The number of halogens is 3. The third-order valence-corrected chi connectivity index (χ3v) is 3.31. The van der Waals surface area contributed by atoms with Gasteiger partial charge in [-0.3, -0.25) is 0 Å². The van der Waals surface area contributed by atoms with Gasteiger partial charge in [-0.1, -0.05) is 6.42 Å². The van der Waals surface area contributed by atoms with E-state index in [1.165, 1.54) is 0 Å². The Labute approximate surface area is 112 Å². The summed E-state index contributed by atoms with van der Waals surface area (Å²) in [5, 5.41) is 15.8. The molecule has 1 saturated carbocycles. The summed E-state index contributed by atoms with van der Waals surface area (Å²) in [7, 11) is 0. The molecule has 0 aromatic carbocycles. The molecule has 8 heteroatoms. The average molecular weight is 290 g/mol. The predicted molar refractivity (Wildman–Crippen MR) is 61.7 cm³/mol. The molecule has 0 aliphatic heterocycles. The average Bonchev–Trinajstić information content (AvgIpc) is 2.84. The molecule has 0 saturated heterocycles. The van der Waals surface area contributed by atoms with Gasteiger partial charge in [0.1, 0.15) is 0 Å². The van der Waals surface area contributed by atoms with Gasteiger partial charge in [-0.25, -0.2) is 4.79 Å². The van der Waals surface area contributed by atoms with E-state index in [1.54, 1.807) is 0 Å². The van der Waals surface area contributed by atoms with Crippen LogP contribution >= 0.6 is 0 Å². The molecule has 1 fully saturated rings. The second kappa shape index (κ2) is 5.64. The smallest absolute Gasteiger partial charge is 0.391 e. The summed E-state index contributed by atoms with van der Waals surface area (Å²) in [5.41, 5.74) is 0. The number of rotatable bonds is 3. The van der Waals surface area contributed by atoms with Crippen LogP contribution in [0.2, 0.25) is 0 Å². The maximum Gasteiger partial charge on any atom is 0.391 e. The molecule has 2 unspecified atom stereocenters. The number of carboxylic acids is 1. The van der Waals surface area contributed by atoms with Crippen molar-refractivity contribution in [2.24, 2.45) is 5.92 Å². The van der Waals surface area contributed by atoms with E-state index in [9.17, 15) is 18.0 Å². The van der Waals surface area contributed by atoms with Crippen molar-refractivity contribution >= 4 is 12.0 Å². The number of alkyl halides is 3. The highest BCUT2D eigenvalue weighted by Gasteiger charge is 2.43. The molecule has 1 aliphatic carbocycles. The fraction of sp³-hybridized carbons (Fsp3) is 0.583. The van der Waals surface area contributed by atoms with Crippen LogP contribution in [0.15, 0.2) is 10.5 Å². The Balaban J connectivity index is 2.06. The first-order chi connectivity index (χ1) is 9.36. The highest BCUT2D eigenvalue weighted by atomic mass is 19.4. The lowest BCUT2D eigenvalue weighted by Gasteiger charge is -2.28. The van der Waals surface area contributed by atoms with Gasteiger partial charge in [0, 0.05) is 18.1 Å². The highest BCUT2D eigenvalue weighted by Crippen LogP contribution is 2.43. The standard InChI is InChI=1S/C12H13F3N2O3/c13-12(14,15)8-3-1-2-7(6-8)11-17-16-9(20-11)4-5-10(18)19/h4-5,7-8H,1-3,6H2,(H,18,19)/b5-4+. The number of hydrogen-bond donors (Lipinski definition) is 1. The topological polar surface area (TPSA) is 76.2 Å². The molecule has 0 bridgehead atoms. The summed E-state index contributed by atoms with van der Waals surface area (Å²) in [6.45, 7) is 0. The Hall–Kier alpha value is -1.86. The lowest BCUT2D eigenvalue weighted by molar-refractivity contribution is -0.183. The van der Waals surface area contributed by atoms with E-state index >= 15 is 0 Å². The van der Waals surface area contributed by atoms with Crippen molar-refractivity contribution < 1.29 is 27.5 Å². The monoisotopic (exact) mass is 290 g/mol. The van der Waals surface area contributed by atoms with Crippen molar-refractivity contribution in [1.29, 1.82) is 0 Å². The number of carbonyl (C=O) groups is 1. The lowest BCUT2D eigenvalue weighted by Crippen LogP contribution is -2.28. The zero-order chi connectivity index (χ0) is 14.8. The number of aromatic nitrogens is 2. The van der Waals surface area contributed by atoms with E-state index in [-0.39, 0.29) is 24.6 Å². The molecular weight excluding hydrogens is 277 g/mol. The molecule has 0 radical (unpaired) electrons. The minimum absolute atomic E-state index is 0.0171. The molecule has 110 valence electrons. The van der Waals surface area contributed by atoms with Crippen LogP contribution in [0.5, 0.6) is 0 Å². The maximum atomic E-state index is 12.7. The second-order valence-electron chi connectivity index (χ2n) is 4.75. The molecule has 0 spiro atoms. The molecule has 20 heavy (non-hydrogen) atoms. The predicted octanol–water partition coefficient (Wildman–Crippen LogP) is 3.00. The highest BCUT2D eigenvalue weighted by molar-refractivity contribution is 5.84. The molecule has 2 atom stereocenters. The van der Waals surface area contributed by atoms with Crippen LogP contribution in [0.1, 0.15) is 43.4 Å². The minimum Gasteiger partial charge on any atom is -0.478 e. The Morgan fingerprint density at radius 2 is 2.10 bits per heavy atom. The molecule has 0 amide bonds. The normalized spacial score (nSPS) is 24.1.